The van der Waals surface area contributed by atoms with E-state index in [2.05, 4.69) is 4.99 Å². The minimum Gasteiger partial charge on any atom is -0.497 e. The van der Waals surface area contributed by atoms with Crippen LogP contribution < -0.4 is 4.74 Å². The molecule has 0 saturated carbocycles. The molecule has 2 saturated heterocycles. The molecule has 0 bridgehead atoms. The van der Waals surface area contributed by atoms with E-state index in [0.29, 0.717) is 18.1 Å². The number of amides is 1. The molecule has 8 heteroatoms. The van der Waals surface area contributed by atoms with Crippen LogP contribution in [-0.4, -0.2) is 54.3 Å². The molecule has 6 nitrogen and oxygen atoms in total. The highest BCUT2D eigenvalue weighted by Crippen LogP contribution is 2.39. The number of benzene rings is 1. The molecule has 2 aliphatic rings. The smallest absolute Gasteiger partial charge is 0.248 e. The van der Waals surface area contributed by atoms with Crippen molar-refractivity contribution in [2.24, 2.45) is 10.9 Å². The summed E-state index contributed by atoms with van der Waals surface area (Å²) in [4.78, 5) is 18.5. The monoisotopic (exact) mass is 396 g/mol. The van der Waals surface area contributed by atoms with Gasteiger partial charge in [-0.25, -0.2) is 8.42 Å². The van der Waals surface area contributed by atoms with Crippen molar-refractivity contribution in [3.63, 3.8) is 0 Å². The summed E-state index contributed by atoms with van der Waals surface area (Å²) in [5.74, 6) is 1.14. The van der Waals surface area contributed by atoms with E-state index in [1.165, 1.54) is 11.8 Å². The highest BCUT2D eigenvalue weighted by atomic mass is 32.2. The van der Waals surface area contributed by atoms with Crippen LogP contribution >= 0.6 is 11.8 Å². The fourth-order valence-corrected chi connectivity index (χ4v) is 7.22. The number of amidine groups is 1. The standard InChI is InChI=1S/C18H24N2O4S2/c1-12(2)8-17(21)19-18-20(9-13-4-6-14(24-3)7-5-13)15-10-26(22,23)11-16(15)25-18/h4-7,12,15-16H,8-11H2,1-3H3/t15-,16+/m0/s1. The zero-order chi connectivity index (χ0) is 18.9. The van der Waals surface area contributed by atoms with Gasteiger partial charge in [-0.2, -0.15) is 4.99 Å². The van der Waals surface area contributed by atoms with Crippen LogP contribution in [0.4, 0.5) is 0 Å². The number of thioether (sulfide) groups is 1. The van der Waals surface area contributed by atoms with Gasteiger partial charge in [0.2, 0.25) is 5.91 Å². The molecule has 0 unspecified atom stereocenters. The summed E-state index contributed by atoms with van der Waals surface area (Å²) in [5, 5.41) is 0.597. The molecule has 2 aliphatic heterocycles. The quantitative estimate of drug-likeness (QED) is 0.760. The Kier molecular flexibility index (Phi) is 5.62. The first kappa shape index (κ1) is 19.2. The van der Waals surface area contributed by atoms with Crippen molar-refractivity contribution in [1.82, 2.24) is 4.90 Å². The Hall–Kier alpha value is -1.54. The van der Waals surface area contributed by atoms with Crippen LogP contribution in [0.1, 0.15) is 25.8 Å². The number of nitrogens with zero attached hydrogens (tertiary/aromatic N) is 2. The van der Waals surface area contributed by atoms with E-state index in [1.807, 2.05) is 43.0 Å². The lowest BCUT2D eigenvalue weighted by atomic mass is 10.1. The normalized spacial score (nSPS) is 25.7. The molecular weight excluding hydrogens is 372 g/mol. The van der Waals surface area contributed by atoms with Crippen molar-refractivity contribution in [3.8, 4) is 5.75 Å². The van der Waals surface area contributed by atoms with Crippen molar-refractivity contribution in [2.45, 2.75) is 38.1 Å². The second-order valence-electron chi connectivity index (χ2n) is 7.16. The minimum absolute atomic E-state index is 0.0520. The lowest BCUT2D eigenvalue weighted by Crippen LogP contribution is -2.37. The first-order chi connectivity index (χ1) is 12.3. The summed E-state index contributed by atoms with van der Waals surface area (Å²) in [5.41, 5.74) is 1.03. The molecule has 1 amide bonds. The maximum Gasteiger partial charge on any atom is 0.248 e. The lowest BCUT2D eigenvalue weighted by molar-refractivity contribution is -0.118. The molecular formula is C18H24N2O4S2. The largest absolute Gasteiger partial charge is 0.497 e. The van der Waals surface area contributed by atoms with Crippen molar-refractivity contribution < 1.29 is 17.9 Å². The van der Waals surface area contributed by atoms with E-state index in [-0.39, 0.29) is 34.6 Å². The Morgan fingerprint density at radius 1 is 1.31 bits per heavy atom. The number of ether oxygens (including phenoxy) is 1. The van der Waals surface area contributed by atoms with Crippen LogP contribution in [0, 0.1) is 5.92 Å². The van der Waals surface area contributed by atoms with E-state index in [4.69, 9.17) is 4.74 Å². The lowest BCUT2D eigenvalue weighted by Gasteiger charge is -2.24. The third-order valence-electron chi connectivity index (χ3n) is 4.49. The molecule has 1 aromatic rings. The Morgan fingerprint density at radius 2 is 2.00 bits per heavy atom. The first-order valence-corrected chi connectivity index (χ1v) is 11.4. The van der Waals surface area contributed by atoms with E-state index in [0.717, 1.165) is 11.3 Å². The summed E-state index contributed by atoms with van der Waals surface area (Å²) in [6, 6.07) is 7.53. The van der Waals surface area contributed by atoms with Gasteiger partial charge in [0.15, 0.2) is 15.0 Å². The highest BCUT2D eigenvalue weighted by Gasteiger charge is 2.48. The van der Waals surface area contributed by atoms with Crippen LogP contribution in [0.15, 0.2) is 29.3 Å². The van der Waals surface area contributed by atoms with E-state index in [9.17, 15) is 13.2 Å². The van der Waals surface area contributed by atoms with Gasteiger partial charge in [0.1, 0.15) is 5.75 Å². The first-order valence-electron chi connectivity index (χ1n) is 8.65. The summed E-state index contributed by atoms with van der Waals surface area (Å²) in [7, 11) is -1.42. The van der Waals surface area contributed by atoms with E-state index >= 15 is 0 Å². The number of carbonyl (C=O) groups is 1. The Bertz CT molecular complexity index is 803. The number of carbonyl (C=O) groups excluding carboxylic acids is 1. The molecule has 2 heterocycles. The summed E-state index contributed by atoms with van der Waals surface area (Å²) in [6.07, 6.45) is 0.397. The Morgan fingerprint density at radius 3 is 2.62 bits per heavy atom. The van der Waals surface area contributed by atoms with Crippen LogP contribution in [0.3, 0.4) is 0 Å². The van der Waals surface area contributed by atoms with Crippen LogP contribution in [0.5, 0.6) is 5.75 Å². The summed E-state index contributed by atoms with van der Waals surface area (Å²) >= 11 is 1.43. The maximum atomic E-state index is 12.2. The van der Waals surface area contributed by atoms with Crippen molar-refractivity contribution in [2.75, 3.05) is 18.6 Å². The number of aliphatic imine (C=N–C) groups is 1. The molecule has 0 spiro atoms. The molecule has 0 radical (unpaired) electrons. The molecule has 0 N–H and O–H groups in total. The minimum atomic E-state index is -3.03. The van der Waals surface area contributed by atoms with Gasteiger partial charge >= 0.3 is 0 Å². The molecule has 26 heavy (non-hydrogen) atoms. The van der Waals surface area contributed by atoms with Crippen molar-refractivity contribution in [3.05, 3.63) is 29.8 Å². The zero-order valence-corrected chi connectivity index (χ0v) is 16.8. The maximum absolute atomic E-state index is 12.2. The van der Waals surface area contributed by atoms with Gasteiger partial charge in [-0.15, -0.1) is 0 Å². The molecule has 2 fully saturated rings. The Labute approximate surface area is 158 Å². The molecule has 1 aromatic carbocycles. The second-order valence-corrected chi connectivity index (χ2v) is 10.5. The summed E-state index contributed by atoms with van der Waals surface area (Å²) in [6.45, 7) is 4.49. The molecule has 142 valence electrons. The van der Waals surface area contributed by atoms with Crippen LogP contribution in [-0.2, 0) is 21.2 Å². The number of sulfone groups is 1. The van der Waals surface area contributed by atoms with Gasteiger partial charge in [-0.3, -0.25) is 4.79 Å². The van der Waals surface area contributed by atoms with Gasteiger partial charge < -0.3 is 9.64 Å². The van der Waals surface area contributed by atoms with Gasteiger partial charge in [-0.1, -0.05) is 37.7 Å². The average molecular weight is 397 g/mol. The fourth-order valence-electron chi connectivity index (χ4n) is 3.25. The van der Waals surface area contributed by atoms with E-state index in [1.54, 1.807) is 7.11 Å². The number of fused-ring (bicyclic) bond motifs is 1. The topological polar surface area (TPSA) is 76.0 Å². The number of methoxy groups -OCH3 is 1. The molecule has 3 rings (SSSR count). The third-order valence-corrected chi connectivity index (χ3v) is 7.74. The zero-order valence-electron chi connectivity index (χ0n) is 15.2. The average Bonchev–Trinajstić information content (AvgIpc) is 3.00. The molecule has 0 aromatic heterocycles. The SMILES string of the molecule is COc1ccc(CN2C(=NC(=O)CC(C)C)S[C@@H]3CS(=O)(=O)C[C@@H]32)cc1. The second kappa shape index (κ2) is 7.60. The predicted octanol–water partition coefficient (Wildman–Crippen LogP) is 2.34. The van der Waals surface area contributed by atoms with Crippen LogP contribution in [0.25, 0.3) is 0 Å². The molecule has 2 atom stereocenters. The number of rotatable bonds is 5. The van der Waals surface area contributed by atoms with Gasteiger partial charge in [0, 0.05) is 18.2 Å². The summed E-state index contributed by atoms with van der Waals surface area (Å²) < 4.78 is 29.3. The van der Waals surface area contributed by atoms with Gasteiger partial charge in [0.05, 0.1) is 24.7 Å². The Balaban J connectivity index is 1.84. The van der Waals surface area contributed by atoms with Crippen molar-refractivity contribution in [1.29, 1.82) is 0 Å². The third kappa shape index (κ3) is 4.40. The molecule has 0 aliphatic carbocycles. The predicted molar refractivity (Wildman–Crippen MR) is 104 cm³/mol. The van der Waals surface area contributed by atoms with E-state index < -0.39 is 9.84 Å². The van der Waals surface area contributed by atoms with Crippen molar-refractivity contribution >= 4 is 32.7 Å². The highest BCUT2D eigenvalue weighted by molar-refractivity contribution is 8.15. The van der Waals surface area contributed by atoms with Gasteiger partial charge in [0.25, 0.3) is 0 Å². The number of hydrogen-bond donors (Lipinski definition) is 0. The fraction of sp³-hybridized carbons (Fsp3) is 0.556. The van der Waals surface area contributed by atoms with Crippen LogP contribution in [0.2, 0.25) is 0 Å². The number of hydrogen-bond acceptors (Lipinski definition) is 5. The van der Waals surface area contributed by atoms with Gasteiger partial charge in [-0.05, 0) is 23.6 Å².